The van der Waals surface area contributed by atoms with Crippen molar-refractivity contribution >= 4 is 0 Å². The lowest BCUT2D eigenvalue weighted by molar-refractivity contribution is 0.500. The second-order valence-corrected chi connectivity index (χ2v) is 6.68. The van der Waals surface area contributed by atoms with Gasteiger partial charge in [-0.2, -0.15) is 0 Å². The van der Waals surface area contributed by atoms with Gasteiger partial charge >= 0.3 is 0 Å². The largest absolute Gasteiger partial charge is 0.472 e. The summed E-state index contributed by atoms with van der Waals surface area (Å²) in [6, 6.07) is 11.2. The molecule has 2 nitrogen and oxygen atoms in total. The molecule has 2 rings (SSSR count). The van der Waals surface area contributed by atoms with E-state index in [4.69, 9.17) is 4.42 Å². The van der Waals surface area contributed by atoms with Gasteiger partial charge in [0.2, 0.25) is 0 Å². The zero-order valence-corrected chi connectivity index (χ0v) is 13.6. The average Bonchev–Trinajstić information content (AvgIpc) is 2.95. The summed E-state index contributed by atoms with van der Waals surface area (Å²) in [6.45, 7) is 10.1. The molecule has 21 heavy (non-hydrogen) atoms. The van der Waals surface area contributed by atoms with Crippen molar-refractivity contribution in [1.82, 2.24) is 5.32 Å². The molecule has 0 fully saturated rings. The Bertz CT molecular complexity index is 537. The summed E-state index contributed by atoms with van der Waals surface area (Å²) in [5.41, 5.74) is 4.22. The first-order valence-corrected chi connectivity index (χ1v) is 7.86. The Morgan fingerprint density at radius 2 is 1.90 bits per heavy atom. The molecule has 114 valence electrons. The van der Waals surface area contributed by atoms with Gasteiger partial charge in [-0.3, -0.25) is 0 Å². The molecule has 0 amide bonds. The third-order valence-electron chi connectivity index (χ3n) is 3.80. The van der Waals surface area contributed by atoms with Gasteiger partial charge in [0, 0.05) is 6.04 Å². The molecule has 0 radical (unpaired) electrons. The van der Waals surface area contributed by atoms with Gasteiger partial charge < -0.3 is 9.73 Å². The maximum Gasteiger partial charge on any atom is 0.0935 e. The van der Waals surface area contributed by atoms with Crippen LogP contribution in [0, 0.1) is 0 Å². The number of hydrogen-bond acceptors (Lipinski definition) is 2. The molecule has 1 unspecified atom stereocenters. The van der Waals surface area contributed by atoms with E-state index in [2.05, 4.69) is 63.3 Å². The standard InChI is InChI=1S/C19H27NO/c1-5-11-20-18(13-15-10-12-21-14-15)16-8-6-7-9-17(16)19(2,3)4/h6-10,12,14,18,20H,5,11,13H2,1-4H3. The highest BCUT2D eigenvalue weighted by atomic mass is 16.3. The van der Waals surface area contributed by atoms with Gasteiger partial charge in [0.25, 0.3) is 0 Å². The quantitative estimate of drug-likeness (QED) is 0.820. The van der Waals surface area contributed by atoms with Gasteiger partial charge in [-0.1, -0.05) is 52.0 Å². The molecule has 2 heteroatoms. The van der Waals surface area contributed by atoms with E-state index < -0.39 is 0 Å². The van der Waals surface area contributed by atoms with Crippen LogP contribution >= 0.6 is 0 Å². The highest BCUT2D eigenvalue weighted by Crippen LogP contribution is 2.31. The molecule has 1 heterocycles. The highest BCUT2D eigenvalue weighted by Gasteiger charge is 2.22. The van der Waals surface area contributed by atoms with Crippen LogP contribution in [0.3, 0.4) is 0 Å². The molecule has 1 N–H and O–H groups in total. The number of hydrogen-bond donors (Lipinski definition) is 1. The fourth-order valence-electron chi connectivity index (χ4n) is 2.74. The molecular formula is C19H27NO. The summed E-state index contributed by atoms with van der Waals surface area (Å²) < 4.78 is 5.23. The summed E-state index contributed by atoms with van der Waals surface area (Å²) in [5, 5.41) is 3.69. The van der Waals surface area contributed by atoms with E-state index in [1.807, 2.05) is 6.26 Å². The van der Waals surface area contributed by atoms with Crippen LogP contribution in [0.5, 0.6) is 0 Å². The molecule has 0 saturated heterocycles. The predicted octanol–water partition coefficient (Wildman–Crippen LogP) is 4.86. The molecule has 0 aliphatic carbocycles. The lowest BCUT2D eigenvalue weighted by Gasteiger charge is -2.28. The van der Waals surface area contributed by atoms with Crippen molar-refractivity contribution < 1.29 is 4.42 Å². The lowest BCUT2D eigenvalue weighted by atomic mass is 9.81. The topological polar surface area (TPSA) is 25.2 Å². The van der Waals surface area contributed by atoms with Crippen molar-refractivity contribution in [3.8, 4) is 0 Å². The van der Waals surface area contributed by atoms with E-state index in [0.29, 0.717) is 6.04 Å². The second kappa shape index (κ2) is 6.95. The fourth-order valence-corrected chi connectivity index (χ4v) is 2.74. The minimum atomic E-state index is 0.152. The fraction of sp³-hybridized carbons (Fsp3) is 0.474. The first-order valence-electron chi connectivity index (χ1n) is 7.86. The summed E-state index contributed by atoms with van der Waals surface area (Å²) >= 11 is 0. The zero-order valence-electron chi connectivity index (χ0n) is 13.6. The lowest BCUT2D eigenvalue weighted by Crippen LogP contribution is -2.27. The number of rotatable bonds is 6. The summed E-state index contributed by atoms with van der Waals surface area (Å²) in [7, 11) is 0. The smallest absolute Gasteiger partial charge is 0.0935 e. The SMILES string of the molecule is CCCNC(Cc1ccoc1)c1ccccc1C(C)(C)C. The van der Waals surface area contributed by atoms with Crippen LogP contribution in [0.15, 0.2) is 47.3 Å². The maximum atomic E-state index is 5.23. The van der Waals surface area contributed by atoms with Crippen molar-refractivity contribution in [3.05, 3.63) is 59.5 Å². The van der Waals surface area contributed by atoms with Crippen molar-refractivity contribution in [2.75, 3.05) is 6.54 Å². The van der Waals surface area contributed by atoms with E-state index >= 15 is 0 Å². The zero-order chi connectivity index (χ0) is 15.3. The van der Waals surface area contributed by atoms with E-state index in [-0.39, 0.29) is 5.41 Å². The molecule has 1 atom stereocenters. The Morgan fingerprint density at radius 3 is 2.52 bits per heavy atom. The number of benzene rings is 1. The van der Waals surface area contributed by atoms with Crippen LogP contribution in [0.4, 0.5) is 0 Å². The van der Waals surface area contributed by atoms with Crippen LogP contribution in [-0.2, 0) is 11.8 Å². The molecule has 0 aliphatic heterocycles. The Balaban J connectivity index is 2.32. The van der Waals surface area contributed by atoms with Gasteiger partial charge in [-0.05, 0) is 47.6 Å². The first kappa shape index (κ1) is 15.8. The first-order chi connectivity index (χ1) is 10.0. The predicted molar refractivity (Wildman–Crippen MR) is 88.6 cm³/mol. The van der Waals surface area contributed by atoms with Crippen LogP contribution < -0.4 is 5.32 Å². The maximum absolute atomic E-state index is 5.23. The van der Waals surface area contributed by atoms with E-state index in [1.165, 1.54) is 16.7 Å². The molecule has 1 aromatic heterocycles. The normalized spacial score (nSPS) is 13.3. The number of nitrogens with one attached hydrogen (secondary N) is 1. The third kappa shape index (κ3) is 4.21. The Labute approximate surface area is 128 Å². The molecular weight excluding hydrogens is 258 g/mol. The van der Waals surface area contributed by atoms with Crippen molar-refractivity contribution in [2.24, 2.45) is 0 Å². The van der Waals surface area contributed by atoms with Crippen LogP contribution in [0.2, 0.25) is 0 Å². The van der Waals surface area contributed by atoms with Gasteiger partial charge in [0.15, 0.2) is 0 Å². The Morgan fingerprint density at radius 1 is 1.14 bits per heavy atom. The van der Waals surface area contributed by atoms with Crippen LogP contribution in [0.25, 0.3) is 0 Å². The summed E-state index contributed by atoms with van der Waals surface area (Å²) in [5.74, 6) is 0. The second-order valence-electron chi connectivity index (χ2n) is 6.68. The van der Waals surface area contributed by atoms with Gasteiger partial charge in [0.1, 0.15) is 0 Å². The third-order valence-corrected chi connectivity index (χ3v) is 3.80. The minimum absolute atomic E-state index is 0.152. The minimum Gasteiger partial charge on any atom is -0.472 e. The Kier molecular flexibility index (Phi) is 5.24. The summed E-state index contributed by atoms with van der Waals surface area (Å²) in [4.78, 5) is 0. The van der Waals surface area contributed by atoms with Gasteiger partial charge in [-0.15, -0.1) is 0 Å². The average molecular weight is 285 g/mol. The molecule has 0 spiro atoms. The van der Waals surface area contributed by atoms with Crippen molar-refractivity contribution in [2.45, 2.75) is 52.0 Å². The van der Waals surface area contributed by atoms with Crippen LogP contribution in [0.1, 0.15) is 56.8 Å². The molecule has 2 aromatic rings. The highest BCUT2D eigenvalue weighted by molar-refractivity contribution is 5.36. The van der Waals surface area contributed by atoms with E-state index in [9.17, 15) is 0 Å². The van der Waals surface area contributed by atoms with Crippen LogP contribution in [-0.4, -0.2) is 6.54 Å². The Hall–Kier alpha value is -1.54. The van der Waals surface area contributed by atoms with Gasteiger partial charge in [-0.25, -0.2) is 0 Å². The van der Waals surface area contributed by atoms with Crippen molar-refractivity contribution in [1.29, 1.82) is 0 Å². The summed E-state index contributed by atoms with van der Waals surface area (Å²) in [6.07, 6.45) is 5.70. The molecule has 0 aliphatic rings. The molecule has 0 saturated carbocycles. The molecule has 1 aromatic carbocycles. The molecule has 0 bridgehead atoms. The van der Waals surface area contributed by atoms with Gasteiger partial charge in [0.05, 0.1) is 12.5 Å². The monoisotopic (exact) mass is 285 g/mol. The van der Waals surface area contributed by atoms with Crippen molar-refractivity contribution in [3.63, 3.8) is 0 Å². The van der Waals surface area contributed by atoms with E-state index in [0.717, 1.165) is 19.4 Å². The van der Waals surface area contributed by atoms with E-state index in [1.54, 1.807) is 6.26 Å². The number of furan rings is 1.